The van der Waals surface area contributed by atoms with E-state index >= 15 is 0 Å². The van der Waals surface area contributed by atoms with Crippen molar-refractivity contribution in [3.63, 3.8) is 0 Å². The van der Waals surface area contributed by atoms with E-state index in [-0.39, 0.29) is 10.0 Å². The summed E-state index contributed by atoms with van der Waals surface area (Å²) < 4.78 is 0. The van der Waals surface area contributed by atoms with Crippen molar-refractivity contribution in [2.24, 2.45) is 5.73 Å². The Hall–Kier alpha value is 0.400. The number of halogens is 2. The van der Waals surface area contributed by atoms with Crippen LogP contribution >= 0.6 is 35.0 Å². The van der Waals surface area contributed by atoms with Crippen LogP contribution < -0.4 is 5.73 Å². The highest BCUT2D eigenvalue weighted by Crippen LogP contribution is 2.11. The molecule has 0 rings (SSSR count). The Morgan fingerprint density at radius 1 is 1.67 bits per heavy atom. The summed E-state index contributed by atoms with van der Waals surface area (Å²) in [6.45, 7) is 0. The van der Waals surface area contributed by atoms with Crippen molar-refractivity contribution in [3.05, 3.63) is 0 Å². The fourth-order valence-electron chi connectivity index (χ4n) is 0.258. The highest BCUT2D eigenvalue weighted by molar-refractivity contribution is 8.13. The van der Waals surface area contributed by atoms with Gasteiger partial charge in [-0.3, -0.25) is 5.41 Å². The molecule has 0 saturated heterocycles. The third-order valence-corrected chi connectivity index (χ3v) is 1.78. The minimum absolute atomic E-state index is 0.115. The van der Waals surface area contributed by atoms with Crippen LogP contribution in [0.25, 0.3) is 0 Å². The summed E-state index contributed by atoms with van der Waals surface area (Å²) in [6.07, 6.45) is 0.674. The van der Waals surface area contributed by atoms with Crippen LogP contribution in [-0.2, 0) is 0 Å². The molecule has 3 N–H and O–H groups in total. The first-order valence-corrected chi connectivity index (χ1v) is 4.23. The van der Waals surface area contributed by atoms with E-state index in [1.165, 1.54) is 11.8 Å². The van der Waals surface area contributed by atoms with E-state index in [9.17, 15) is 0 Å². The fourth-order valence-corrected chi connectivity index (χ4v) is 1.31. The van der Waals surface area contributed by atoms with Gasteiger partial charge in [-0.05, 0) is 6.42 Å². The van der Waals surface area contributed by atoms with Gasteiger partial charge >= 0.3 is 0 Å². The maximum absolute atomic E-state index is 6.79. The van der Waals surface area contributed by atoms with Gasteiger partial charge in [0.15, 0.2) is 5.17 Å². The monoisotopic (exact) mass is 186 g/mol. The Balaban J connectivity index is 3.01. The first-order valence-electron chi connectivity index (χ1n) is 2.38. The molecule has 0 unspecified atom stereocenters. The summed E-state index contributed by atoms with van der Waals surface area (Å²) in [5.74, 6) is 0.715. The highest BCUT2D eigenvalue weighted by atomic mass is 35.5. The average Bonchev–Trinajstić information content (AvgIpc) is 1.63. The summed E-state index contributed by atoms with van der Waals surface area (Å²) in [5.41, 5.74) is 5.04. The van der Waals surface area contributed by atoms with Gasteiger partial charge in [-0.2, -0.15) is 0 Å². The Bertz CT molecular complexity index is 96.6. The highest BCUT2D eigenvalue weighted by Gasteiger charge is 1.98. The Kier molecular flexibility index (Phi) is 5.44. The normalized spacial score (nSPS) is 10.1. The van der Waals surface area contributed by atoms with Crippen LogP contribution in [0, 0.1) is 5.41 Å². The van der Waals surface area contributed by atoms with Gasteiger partial charge in [-0.25, -0.2) is 0 Å². The first-order chi connectivity index (χ1) is 4.13. The predicted molar refractivity (Wildman–Crippen MR) is 44.5 cm³/mol. The van der Waals surface area contributed by atoms with E-state index in [2.05, 4.69) is 0 Å². The Morgan fingerprint density at radius 2 is 2.22 bits per heavy atom. The van der Waals surface area contributed by atoms with Gasteiger partial charge in [0.2, 0.25) is 0 Å². The summed E-state index contributed by atoms with van der Waals surface area (Å²) in [5, 5.41) is 6.91. The summed E-state index contributed by atoms with van der Waals surface area (Å²) in [7, 11) is 0. The zero-order valence-corrected chi connectivity index (χ0v) is 7.06. The summed E-state index contributed by atoms with van der Waals surface area (Å²) in [4.78, 5) is -0.336. The second kappa shape index (κ2) is 5.21. The predicted octanol–water partition coefficient (Wildman–Crippen LogP) is 1.81. The Morgan fingerprint density at radius 3 is 2.56 bits per heavy atom. The molecule has 0 heterocycles. The minimum Gasteiger partial charge on any atom is -0.379 e. The number of alkyl halides is 2. The maximum Gasteiger partial charge on any atom is 0.151 e. The lowest BCUT2D eigenvalue weighted by Crippen LogP contribution is -2.05. The molecule has 0 spiro atoms. The molecule has 0 aliphatic carbocycles. The lowest BCUT2D eigenvalue weighted by Gasteiger charge is -1.97. The number of thioether (sulfide) groups is 1. The van der Waals surface area contributed by atoms with Gasteiger partial charge in [0.1, 0.15) is 4.84 Å². The zero-order valence-electron chi connectivity index (χ0n) is 4.73. The van der Waals surface area contributed by atoms with E-state index in [1.807, 2.05) is 0 Å². The molecular formula is C4H8Cl2N2S. The molecule has 0 fully saturated rings. The standard InChI is InChI=1S/C4H8Cl2N2S/c5-3(6)1-2-9-4(7)8/h3H,1-2H2,(H3,7,8). The van der Waals surface area contributed by atoms with Crippen molar-refractivity contribution >= 4 is 40.1 Å². The molecule has 54 valence electrons. The molecule has 5 heteroatoms. The second-order valence-corrected chi connectivity index (χ2v) is 3.81. The third-order valence-electron chi connectivity index (χ3n) is 0.594. The van der Waals surface area contributed by atoms with Gasteiger partial charge in [0.05, 0.1) is 0 Å². The third kappa shape index (κ3) is 8.40. The lowest BCUT2D eigenvalue weighted by atomic mass is 10.6. The molecule has 0 radical (unpaired) electrons. The van der Waals surface area contributed by atoms with Gasteiger partial charge < -0.3 is 5.73 Å². The van der Waals surface area contributed by atoms with E-state index < -0.39 is 0 Å². The van der Waals surface area contributed by atoms with Gasteiger partial charge in [0.25, 0.3) is 0 Å². The number of nitrogens with one attached hydrogen (secondary N) is 1. The largest absolute Gasteiger partial charge is 0.379 e. The molecule has 0 atom stereocenters. The number of hydrogen-bond donors (Lipinski definition) is 2. The van der Waals surface area contributed by atoms with Crippen molar-refractivity contribution in [3.8, 4) is 0 Å². The van der Waals surface area contributed by atoms with E-state index in [0.717, 1.165) is 0 Å². The lowest BCUT2D eigenvalue weighted by molar-refractivity contribution is 1.06. The molecule has 2 nitrogen and oxygen atoms in total. The molecular weight excluding hydrogens is 179 g/mol. The number of nitrogens with two attached hydrogens (primary N) is 1. The van der Waals surface area contributed by atoms with Crippen molar-refractivity contribution in [2.45, 2.75) is 11.3 Å². The van der Waals surface area contributed by atoms with Crippen molar-refractivity contribution < 1.29 is 0 Å². The van der Waals surface area contributed by atoms with Crippen LogP contribution in [0.2, 0.25) is 0 Å². The fraction of sp³-hybridized carbons (Fsp3) is 0.750. The topological polar surface area (TPSA) is 49.9 Å². The van der Waals surface area contributed by atoms with Crippen LogP contribution in [-0.4, -0.2) is 15.8 Å². The van der Waals surface area contributed by atoms with Crippen LogP contribution in [0.15, 0.2) is 0 Å². The minimum atomic E-state index is -0.336. The molecule has 0 aromatic heterocycles. The summed E-state index contributed by atoms with van der Waals surface area (Å²) >= 11 is 12.1. The van der Waals surface area contributed by atoms with Crippen molar-refractivity contribution in [1.29, 1.82) is 5.41 Å². The summed E-state index contributed by atoms with van der Waals surface area (Å²) in [6, 6.07) is 0. The van der Waals surface area contributed by atoms with Crippen LogP contribution in [0.1, 0.15) is 6.42 Å². The molecule has 0 saturated carbocycles. The smallest absolute Gasteiger partial charge is 0.151 e. The SMILES string of the molecule is N=C(N)SCCC(Cl)Cl. The first kappa shape index (κ1) is 9.40. The van der Waals surface area contributed by atoms with Gasteiger partial charge in [-0.15, -0.1) is 23.2 Å². The zero-order chi connectivity index (χ0) is 7.28. The van der Waals surface area contributed by atoms with E-state index in [1.54, 1.807) is 0 Å². The number of amidine groups is 1. The molecule has 0 aliphatic heterocycles. The van der Waals surface area contributed by atoms with Crippen LogP contribution in [0.3, 0.4) is 0 Å². The molecule has 0 bridgehead atoms. The quantitative estimate of drug-likeness (QED) is 0.402. The number of rotatable bonds is 3. The molecule has 0 aliphatic rings. The van der Waals surface area contributed by atoms with E-state index in [4.69, 9.17) is 34.3 Å². The number of hydrogen-bond acceptors (Lipinski definition) is 2. The van der Waals surface area contributed by atoms with Crippen molar-refractivity contribution in [2.75, 3.05) is 5.75 Å². The average molecular weight is 187 g/mol. The maximum atomic E-state index is 6.79. The molecule has 0 amide bonds. The second-order valence-electron chi connectivity index (χ2n) is 1.39. The van der Waals surface area contributed by atoms with Crippen molar-refractivity contribution in [1.82, 2.24) is 0 Å². The van der Waals surface area contributed by atoms with Gasteiger partial charge in [0, 0.05) is 5.75 Å². The van der Waals surface area contributed by atoms with Crippen LogP contribution in [0.4, 0.5) is 0 Å². The molecule has 9 heavy (non-hydrogen) atoms. The van der Waals surface area contributed by atoms with Gasteiger partial charge in [-0.1, -0.05) is 11.8 Å². The van der Waals surface area contributed by atoms with Crippen LogP contribution in [0.5, 0.6) is 0 Å². The van der Waals surface area contributed by atoms with E-state index in [0.29, 0.717) is 12.2 Å². The Labute approximate surface area is 68.6 Å². The molecule has 0 aromatic rings. The molecule has 0 aromatic carbocycles.